The highest BCUT2D eigenvalue weighted by atomic mass is 35.5. The van der Waals surface area contributed by atoms with Crippen LogP contribution in [-0.4, -0.2) is 38.8 Å². The van der Waals surface area contributed by atoms with Gasteiger partial charge in [-0.2, -0.15) is 0 Å². The lowest BCUT2D eigenvalue weighted by atomic mass is 10.0. The van der Waals surface area contributed by atoms with Crippen LogP contribution < -0.4 is 21.1 Å². The molecule has 2 saturated heterocycles. The summed E-state index contributed by atoms with van der Waals surface area (Å²) in [5.41, 5.74) is 7.17. The third-order valence-electron chi connectivity index (χ3n) is 4.79. The minimum absolute atomic E-state index is 0. The summed E-state index contributed by atoms with van der Waals surface area (Å²) in [6.45, 7) is 6.97. The lowest BCUT2D eigenvalue weighted by molar-refractivity contribution is 0.426. The van der Waals surface area contributed by atoms with Crippen LogP contribution in [0.15, 0.2) is 18.2 Å². The minimum atomic E-state index is -0.783. The van der Waals surface area contributed by atoms with Crippen molar-refractivity contribution < 1.29 is 8.78 Å². The standard InChI is InChI=1S/C16H24F2N4.ClH/c1-11-13(9-20-21-11)8-19-7-12-4-5-22(10-12)14-2-3-15(17)16(18)6-14;/h2-3,6,11-13,19-21H,4-5,7-10H2,1H3;1H. The van der Waals surface area contributed by atoms with Crippen LogP contribution in [0.3, 0.4) is 0 Å². The topological polar surface area (TPSA) is 39.3 Å². The monoisotopic (exact) mass is 346 g/mol. The highest BCUT2D eigenvalue weighted by Crippen LogP contribution is 2.25. The van der Waals surface area contributed by atoms with Crippen molar-refractivity contribution in [1.82, 2.24) is 16.2 Å². The first-order chi connectivity index (χ1) is 10.6. The Kier molecular flexibility index (Phi) is 6.59. The van der Waals surface area contributed by atoms with Crippen molar-refractivity contribution in [3.05, 3.63) is 29.8 Å². The van der Waals surface area contributed by atoms with E-state index in [-0.39, 0.29) is 12.4 Å². The van der Waals surface area contributed by atoms with Gasteiger partial charge in [-0.15, -0.1) is 12.4 Å². The zero-order chi connectivity index (χ0) is 15.5. The summed E-state index contributed by atoms with van der Waals surface area (Å²) < 4.78 is 26.3. The third-order valence-corrected chi connectivity index (χ3v) is 4.79. The normalized spacial score (nSPS) is 27.3. The van der Waals surface area contributed by atoms with Gasteiger partial charge in [0.15, 0.2) is 11.6 Å². The molecule has 3 unspecified atom stereocenters. The molecule has 4 nitrogen and oxygen atoms in total. The van der Waals surface area contributed by atoms with Gasteiger partial charge in [-0.25, -0.2) is 8.78 Å². The highest BCUT2D eigenvalue weighted by molar-refractivity contribution is 5.85. The summed E-state index contributed by atoms with van der Waals surface area (Å²) in [6, 6.07) is 4.65. The van der Waals surface area contributed by atoms with E-state index in [2.05, 4.69) is 28.0 Å². The molecule has 0 bridgehead atoms. The Morgan fingerprint density at radius 2 is 2.09 bits per heavy atom. The number of hydrogen-bond acceptors (Lipinski definition) is 4. The fourth-order valence-corrected chi connectivity index (χ4v) is 3.28. The Balaban J connectivity index is 0.00000192. The summed E-state index contributed by atoms with van der Waals surface area (Å²) in [5.74, 6) is -0.377. The van der Waals surface area contributed by atoms with Gasteiger partial charge < -0.3 is 10.2 Å². The Bertz CT molecular complexity index is 517. The van der Waals surface area contributed by atoms with Gasteiger partial charge in [0.2, 0.25) is 0 Å². The van der Waals surface area contributed by atoms with Crippen molar-refractivity contribution in [2.75, 3.05) is 37.6 Å². The predicted molar refractivity (Wildman–Crippen MR) is 90.9 cm³/mol. The maximum absolute atomic E-state index is 13.3. The second-order valence-electron chi connectivity index (χ2n) is 6.43. The molecule has 2 aliphatic heterocycles. The quantitative estimate of drug-likeness (QED) is 0.761. The molecule has 3 rings (SSSR count). The largest absolute Gasteiger partial charge is 0.371 e. The van der Waals surface area contributed by atoms with Gasteiger partial charge in [-0.05, 0) is 37.9 Å². The van der Waals surface area contributed by atoms with Crippen molar-refractivity contribution in [3.8, 4) is 0 Å². The molecule has 23 heavy (non-hydrogen) atoms. The Morgan fingerprint density at radius 3 is 2.78 bits per heavy atom. The Labute approximate surface area is 142 Å². The second kappa shape index (κ2) is 8.24. The molecule has 0 saturated carbocycles. The first-order valence-corrected chi connectivity index (χ1v) is 8.02. The molecule has 2 heterocycles. The summed E-state index contributed by atoms with van der Waals surface area (Å²) in [7, 11) is 0. The van der Waals surface area contributed by atoms with Crippen LogP contribution in [0.5, 0.6) is 0 Å². The van der Waals surface area contributed by atoms with Gasteiger partial charge in [0, 0.05) is 49.9 Å². The number of anilines is 1. The van der Waals surface area contributed by atoms with Crippen molar-refractivity contribution in [2.24, 2.45) is 11.8 Å². The number of halogens is 3. The number of nitrogens with zero attached hydrogens (tertiary/aromatic N) is 1. The van der Waals surface area contributed by atoms with Crippen LogP contribution in [0.4, 0.5) is 14.5 Å². The fraction of sp³-hybridized carbons (Fsp3) is 0.625. The highest BCUT2D eigenvalue weighted by Gasteiger charge is 2.25. The minimum Gasteiger partial charge on any atom is -0.371 e. The number of nitrogens with one attached hydrogen (secondary N) is 3. The van der Waals surface area contributed by atoms with E-state index in [0.29, 0.717) is 17.9 Å². The molecule has 0 spiro atoms. The molecule has 0 amide bonds. The number of hydrazine groups is 1. The summed E-state index contributed by atoms with van der Waals surface area (Å²) in [5, 5.41) is 3.55. The van der Waals surface area contributed by atoms with E-state index in [1.165, 1.54) is 12.1 Å². The average molecular weight is 347 g/mol. The van der Waals surface area contributed by atoms with Gasteiger partial charge in [-0.1, -0.05) is 0 Å². The molecule has 0 radical (unpaired) electrons. The first kappa shape index (κ1) is 18.4. The van der Waals surface area contributed by atoms with Crippen LogP contribution in [0.1, 0.15) is 13.3 Å². The Morgan fingerprint density at radius 1 is 1.26 bits per heavy atom. The second-order valence-corrected chi connectivity index (χ2v) is 6.43. The fourth-order valence-electron chi connectivity index (χ4n) is 3.28. The molecule has 7 heteroatoms. The molecular weight excluding hydrogens is 322 g/mol. The van der Waals surface area contributed by atoms with E-state index in [1.807, 2.05) is 0 Å². The zero-order valence-corrected chi connectivity index (χ0v) is 14.1. The summed E-state index contributed by atoms with van der Waals surface area (Å²) in [6.07, 6.45) is 1.09. The smallest absolute Gasteiger partial charge is 0.160 e. The first-order valence-electron chi connectivity index (χ1n) is 8.02. The lowest BCUT2D eigenvalue weighted by Crippen LogP contribution is -2.35. The molecular formula is C16H25ClF2N4. The molecule has 0 aromatic heterocycles. The van der Waals surface area contributed by atoms with Crippen molar-refractivity contribution in [2.45, 2.75) is 19.4 Å². The summed E-state index contributed by atoms with van der Waals surface area (Å²) >= 11 is 0. The van der Waals surface area contributed by atoms with Crippen LogP contribution in [0.25, 0.3) is 0 Å². The van der Waals surface area contributed by atoms with Gasteiger partial charge in [-0.3, -0.25) is 10.9 Å². The van der Waals surface area contributed by atoms with E-state index >= 15 is 0 Å². The van der Waals surface area contributed by atoms with Gasteiger partial charge in [0.25, 0.3) is 0 Å². The van der Waals surface area contributed by atoms with E-state index in [9.17, 15) is 8.78 Å². The SMILES string of the molecule is CC1NNCC1CNCC1CCN(c2ccc(F)c(F)c2)C1.Cl. The predicted octanol–water partition coefficient (Wildman–Crippen LogP) is 1.91. The average Bonchev–Trinajstić information content (AvgIpc) is 3.12. The maximum Gasteiger partial charge on any atom is 0.160 e. The molecule has 1 aromatic carbocycles. The molecule has 1 aromatic rings. The third kappa shape index (κ3) is 4.53. The van der Waals surface area contributed by atoms with E-state index in [4.69, 9.17) is 0 Å². The van der Waals surface area contributed by atoms with Crippen LogP contribution in [-0.2, 0) is 0 Å². The molecule has 3 atom stereocenters. The van der Waals surface area contributed by atoms with Crippen molar-refractivity contribution >= 4 is 18.1 Å². The Hall–Kier alpha value is -0.950. The van der Waals surface area contributed by atoms with E-state index in [1.54, 1.807) is 6.07 Å². The zero-order valence-electron chi connectivity index (χ0n) is 13.3. The molecule has 3 N–H and O–H groups in total. The molecule has 0 aliphatic carbocycles. The van der Waals surface area contributed by atoms with E-state index in [0.717, 1.165) is 44.8 Å². The lowest BCUT2D eigenvalue weighted by Gasteiger charge is -2.20. The molecule has 2 fully saturated rings. The van der Waals surface area contributed by atoms with Crippen LogP contribution in [0.2, 0.25) is 0 Å². The number of rotatable bonds is 5. The van der Waals surface area contributed by atoms with Crippen molar-refractivity contribution in [3.63, 3.8) is 0 Å². The van der Waals surface area contributed by atoms with Gasteiger partial charge in [0.05, 0.1) is 0 Å². The van der Waals surface area contributed by atoms with Crippen LogP contribution in [0, 0.1) is 23.5 Å². The van der Waals surface area contributed by atoms with Crippen molar-refractivity contribution in [1.29, 1.82) is 0 Å². The summed E-state index contributed by atoms with van der Waals surface area (Å²) in [4.78, 5) is 2.14. The van der Waals surface area contributed by atoms with Gasteiger partial charge >= 0.3 is 0 Å². The molecule has 130 valence electrons. The van der Waals surface area contributed by atoms with E-state index < -0.39 is 11.6 Å². The number of hydrogen-bond donors (Lipinski definition) is 3. The van der Waals surface area contributed by atoms with Crippen LogP contribution >= 0.6 is 12.4 Å². The molecule has 2 aliphatic rings. The number of benzene rings is 1. The maximum atomic E-state index is 13.3. The van der Waals surface area contributed by atoms with Gasteiger partial charge in [0.1, 0.15) is 0 Å².